The van der Waals surface area contributed by atoms with Crippen molar-refractivity contribution < 1.29 is 4.79 Å². The number of rotatable bonds is 15. The summed E-state index contributed by atoms with van der Waals surface area (Å²) in [5.41, 5.74) is 0. The number of nitriles is 1. The third-order valence-electron chi connectivity index (χ3n) is 3.73. The Morgan fingerprint density at radius 2 is 1.05 bits per heavy atom. The second-order valence-corrected chi connectivity index (χ2v) is 6.35. The molecule has 0 fully saturated rings. The van der Waals surface area contributed by atoms with Gasteiger partial charge < -0.3 is 0 Å². The maximum absolute atomic E-state index is 10.5. The van der Waals surface area contributed by atoms with Crippen LogP contribution in [-0.4, -0.2) is 5.24 Å². The predicted molar refractivity (Wildman–Crippen MR) is 97.1 cm³/mol. The molecule has 0 aromatic carbocycles. The zero-order valence-electron chi connectivity index (χ0n) is 14.8. The smallest absolute Gasteiger partial charge is 0.221 e. The molecule has 0 aliphatic rings. The van der Waals surface area contributed by atoms with Gasteiger partial charge in [-0.15, -0.1) is 0 Å². The lowest BCUT2D eigenvalue weighted by molar-refractivity contribution is -0.111. The van der Waals surface area contributed by atoms with Gasteiger partial charge in [-0.05, 0) is 18.0 Å². The molecule has 0 aliphatic carbocycles. The lowest BCUT2D eigenvalue weighted by atomic mass is 10.0. The fraction of sp³-hybridized carbons (Fsp3) is 0.895. The average Bonchev–Trinajstić information content (AvgIpc) is 2.48. The summed E-state index contributed by atoms with van der Waals surface area (Å²) in [6.45, 7) is 3.70. The molecule has 0 unspecified atom stereocenters. The van der Waals surface area contributed by atoms with Crippen LogP contribution in [0.1, 0.15) is 110 Å². The van der Waals surface area contributed by atoms with Gasteiger partial charge in [-0.1, -0.05) is 90.4 Å². The van der Waals surface area contributed by atoms with E-state index < -0.39 is 0 Å². The van der Waals surface area contributed by atoms with Crippen LogP contribution in [0.2, 0.25) is 0 Å². The van der Waals surface area contributed by atoms with Crippen molar-refractivity contribution in [1.29, 1.82) is 5.26 Å². The molecule has 0 atom stereocenters. The molecule has 2 nitrogen and oxygen atoms in total. The molecule has 0 aromatic heterocycles. The summed E-state index contributed by atoms with van der Waals surface area (Å²) >= 11 is 5.29. The molecular weight excluding hydrogens is 294 g/mol. The lowest BCUT2D eigenvalue weighted by Gasteiger charge is -2.02. The van der Waals surface area contributed by atoms with Crippen molar-refractivity contribution >= 4 is 16.8 Å². The first-order chi connectivity index (χ1) is 10.7. The van der Waals surface area contributed by atoms with Crippen LogP contribution in [-0.2, 0) is 4.79 Å². The Bertz CT molecular complexity index is 261. The van der Waals surface area contributed by atoms with Gasteiger partial charge in [0.05, 0.1) is 6.07 Å². The molecule has 0 spiro atoms. The van der Waals surface area contributed by atoms with Gasteiger partial charge in [0.15, 0.2) is 0 Å². The third kappa shape index (κ3) is 27.7. The summed E-state index contributed by atoms with van der Waals surface area (Å²) in [6.07, 6.45) is 19.4. The minimum absolute atomic E-state index is 0.182. The summed E-state index contributed by atoms with van der Waals surface area (Å²) in [5.74, 6) is 0. The Labute approximate surface area is 143 Å². The molecule has 0 heterocycles. The Morgan fingerprint density at radius 1 is 0.773 bits per heavy atom. The normalized spacial score (nSPS) is 9.73. The summed E-state index contributed by atoms with van der Waals surface area (Å²) in [4.78, 5) is 10.5. The van der Waals surface area contributed by atoms with E-state index in [2.05, 4.69) is 6.92 Å². The lowest BCUT2D eigenvalue weighted by Crippen LogP contribution is -1.86. The Balaban J connectivity index is 0. The molecule has 0 N–H and O–H groups in total. The molecule has 0 rings (SSSR count). The highest BCUT2D eigenvalue weighted by molar-refractivity contribution is 6.63. The van der Waals surface area contributed by atoms with Crippen LogP contribution < -0.4 is 0 Å². The fourth-order valence-electron chi connectivity index (χ4n) is 2.46. The Morgan fingerprint density at radius 3 is 1.32 bits per heavy atom. The maximum Gasteiger partial charge on any atom is 0.221 e. The SMILES string of the molecule is CC#N.CCCCCCCCCCCCCCCCC(=O)Cl. The van der Waals surface area contributed by atoms with Gasteiger partial charge >= 0.3 is 0 Å². The number of unbranched alkanes of at least 4 members (excludes halogenated alkanes) is 13. The van der Waals surface area contributed by atoms with Gasteiger partial charge in [-0.25, -0.2) is 0 Å². The molecule has 0 bridgehead atoms. The van der Waals surface area contributed by atoms with Gasteiger partial charge in [0, 0.05) is 13.3 Å². The van der Waals surface area contributed by atoms with E-state index in [9.17, 15) is 4.79 Å². The molecular formula is C19H36ClNO. The zero-order chi connectivity index (χ0) is 16.9. The first-order valence-corrected chi connectivity index (χ1v) is 9.56. The second kappa shape index (κ2) is 22.7. The minimum atomic E-state index is -0.182. The van der Waals surface area contributed by atoms with Gasteiger partial charge in [-0.2, -0.15) is 5.26 Å². The Hall–Kier alpha value is -0.550. The summed E-state index contributed by atoms with van der Waals surface area (Å²) in [5, 5.41) is 7.14. The van der Waals surface area contributed by atoms with Crippen LogP contribution in [0.25, 0.3) is 0 Å². The molecule has 130 valence electrons. The highest BCUT2D eigenvalue weighted by Crippen LogP contribution is 2.13. The predicted octanol–water partition coefficient (Wildman–Crippen LogP) is 7.15. The molecule has 22 heavy (non-hydrogen) atoms. The zero-order valence-corrected chi connectivity index (χ0v) is 15.6. The molecule has 0 aliphatic heterocycles. The van der Waals surface area contributed by atoms with Crippen LogP contribution in [0.4, 0.5) is 0 Å². The summed E-state index contributed by atoms with van der Waals surface area (Å²) in [6, 6.07) is 1.75. The van der Waals surface area contributed by atoms with Crippen LogP contribution in [0.15, 0.2) is 0 Å². The number of halogens is 1. The van der Waals surface area contributed by atoms with E-state index in [0.29, 0.717) is 6.42 Å². The quantitative estimate of drug-likeness (QED) is 0.236. The first kappa shape index (κ1) is 23.7. The van der Waals surface area contributed by atoms with Crippen molar-refractivity contribution in [1.82, 2.24) is 0 Å². The standard InChI is InChI=1S/C17H33ClO.C2H3N/c1-2-3-4-5-6-7-8-9-10-11-12-13-14-15-16-17(18)19;1-2-3/h2-16H2,1H3;1H3. The maximum atomic E-state index is 10.5. The molecule has 0 saturated heterocycles. The first-order valence-electron chi connectivity index (χ1n) is 9.18. The largest absolute Gasteiger partial charge is 0.281 e. The molecule has 0 amide bonds. The molecule has 0 radical (unpaired) electrons. The van der Waals surface area contributed by atoms with Gasteiger partial charge in [0.2, 0.25) is 5.24 Å². The second-order valence-electron chi connectivity index (χ2n) is 5.92. The van der Waals surface area contributed by atoms with E-state index in [1.807, 2.05) is 0 Å². The Kier molecular flexibility index (Phi) is 24.5. The number of carbonyl (C=O) groups excluding carboxylic acids is 1. The van der Waals surface area contributed by atoms with Gasteiger partial charge in [-0.3, -0.25) is 4.79 Å². The van der Waals surface area contributed by atoms with Crippen LogP contribution in [0.3, 0.4) is 0 Å². The van der Waals surface area contributed by atoms with E-state index in [1.165, 1.54) is 84.0 Å². The van der Waals surface area contributed by atoms with Crippen molar-refractivity contribution in [2.45, 2.75) is 110 Å². The number of carbonyl (C=O) groups is 1. The summed E-state index contributed by atoms with van der Waals surface area (Å²) < 4.78 is 0. The number of hydrogen-bond donors (Lipinski definition) is 0. The van der Waals surface area contributed by atoms with E-state index in [4.69, 9.17) is 16.9 Å². The fourth-order valence-corrected chi connectivity index (χ4v) is 2.59. The number of hydrogen-bond acceptors (Lipinski definition) is 2. The monoisotopic (exact) mass is 329 g/mol. The highest BCUT2D eigenvalue weighted by atomic mass is 35.5. The highest BCUT2D eigenvalue weighted by Gasteiger charge is 1.96. The van der Waals surface area contributed by atoms with E-state index in [-0.39, 0.29) is 5.24 Å². The van der Waals surface area contributed by atoms with E-state index >= 15 is 0 Å². The third-order valence-corrected chi connectivity index (χ3v) is 3.92. The van der Waals surface area contributed by atoms with Gasteiger partial charge in [0.25, 0.3) is 0 Å². The van der Waals surface area contributed by atoms with Crippen molar-refractivity contribution in [3.8, 4) is 6.07 Å². The van der Waals surface area contributed by atoms with Gasteiger partial charge in [0.1, 0.15) is 0 Å². The summed E-state index contributed by atoms with van der Waals surface area (Å²) in [7, 11) is 0. The van der Waals surface area contributed by atoms with E-state index in [1.54, 1.807) is 6.07 Å². The van der Waals surface area contributed by atoms with Crippen molar-refractivity contribution in [2.24, 2.45) is 0 Å². The van der Waals surface area contributed by atoms with Crippen LogP contribution >= 0.6 is 11.6 Å². The van der Waals surface area contributed by atoms with Crippen molar-refractivity contribution in [2.75, 3.05) is 0 Å². The van der Waals surface area contributed by atoms with Crippen LogP contribution in [0, 0.1) is 11.3 Å². The molecule has 0 saturated carbocycles. The minimum Gasteiger partial charge on any atom is -0.281 e. The van der Waals surface area contributed by atoms with Crippen LogP contribution in [0.5, 0.6) is 0 Å². The molecule has 0 aromatic rings. The number of nitrogens with zero attached hydrogens (tertiary/aromatic N) is 1. The average molecular weight is 330 g/mol. The topological polar surface area (TPSA) is 40.9 Å². The van der Waals surface area contributed by atoms with E-state index in [0.717, 1.165) is 12.8 Å². The van der Waals surface area contributed by atoms with Crippen molar-refractivity contribution in [3.05, 3.63) is 0 Å². The van der Waals surface area contributed by atoms with Crippen molar-refractivity contribution in [3.63, 3.8) is 0 Å². The molecule has 3 heteroatoms.